The van der Waals surface area contributed by atoms with Crippen LogP contribution < -0.4 is 5.32 Å². The third-order valence-corrected chi connectivity index (χ3v) is 4.59. The minimum atomic E-state index is 0.566. The summed E-state index contributed by atoms with van der Waals surface area (Å²) in [5, 5.41) is 5.01. The number of benzene rings is 2. The largest absolute Gasteiger partial charge is 0.316 e. The summed E-state index contributed by atoms with van der Waals surface area (Å²) in [5.74, 6) is 0. The van der Waals surface area contributed by atoms with Crippen LogP contribution in [0.15, 0.2) is 46.2 Å². The molecule has 2 rings (SSSR count). The van der Waals surface area contributed by atoms with E-state index >= 15 is 0 Å². The highest BCUT2D eigenvalue weighted by atomic mass is 35.5. The molecule has 0 heterocycles. The van der Waals surface area contributed by atoms with Crippen LogP contribution in [0, 0.1) is 0 Å². The van der Waals surface area contributed by atoms with Crippen LogP contribution in [-0.4, -0.2) is 7.05 Å². The van der Waals surface area contributed by atoms with Gasteiger partial charge in [0.15, 0.2) is 0 Å². The summed E-state index contributed by atoms with van der Waals surface area (Å²) in [4.78, 5) is 2.20. The summed E-state index contributed by atoms with van der Waals surface area (Å²) in [5.41, 5.74) is 1.16. The second-order valence-corrected chi connectivity index (χ2v) is 6.33. The molecule has 0 unspecified atom stereocenters. The third kappa shape index (κ3) is 4.04. The smallest absolute Gasteiger partial charge is 0.0603 e. The molecule has 1 N–H and O–H groups in total. The first-order chi connectivity index (χ1) is 9.10. The molecule has 0 spiro atoms. The van der Waals surface area contributed by atoms with Crippen LogP contribution in [0.1, 0.15) is 5.56 Å². The third-order valence-electron chi connectivity index (χ3n) is 2.51. The van der Waals surface area contributed by atoms with Crippen molar-refractivity contribution < 1.29 is 0 Å². The van der Waals surface area contributed by atoms with Crippen molar-refractivity contribution in [3.05, 3.63) is 57.0 Å². The molecule has 2 aromatic rings. The van der Waals surface area contributed by atoms with Crippen LogP contribution in [0.4, 0.5) is 0 Å². The highest BCUT2D eigenvalue weighted by molar-refractivity contribution is 7.99. The fourth-order valence-electron chi connectivity index (χ4n) is 1.64. The van der Waals surface area contributed by atoms with Crippen LogP contribution in [-0.2, 0) is 6.54 Å². The molecule has 0 aliphatic carbocycles. The summed E-state index contributed by atoms with van der Waals surface area (Å²) >= 11 is 19.6. The van der Waals surface area contributed by atoms with E-state index in [9.17, 15) is 0 Å². The standard InChI is InChI=1S/C14H12Cl3NS/c1-18-8-9-6-10(15)2-5-14(9)19-11-3-4-12(16)13(17)7-11/h2-7,18H,8H2,1H3. The molecule has 0 aliphatic heterocycles. The molecule has 0 radical (unpaired) electrons. The fraction of sp³-hybridized carbons (Fsp3) is 0.143. The Morgan fingerprint density at radius 1 is 1.00 bits per heavy atom. The van der Waals surface area contributed by atoms with Gasteiger partial charge < -0.3 is 5.32 Å². The van der Waals surface area contributed by atoms with Crippen molar-refractivity contribution in [2.24, 2.45) is 0 Å². The normalized spacial score (nSPS) is 10.7. The average Bonchev–Trinajstić information content (AvgIpc) is 2.37. The quantitative estimate of drug-likeness (QED) is 0.791. The Labute approximate surface area is 132 Å². The average molecular weight is 333 g/mol. The Kier molecular flexibility index (Phi) is 5.43. The molecule has 1 nitrogen and oxygen atoms in total. The monoisotopic (exact) mass is 331 g/mol. The van der Waals surface area contributed by atoms with E-state index in [0.717, 1.165) is 26.9 Å². The summed E-state index contributed by atoms with van der Waals surface area (Å²) in [7, 11) is 1.91. The predicted octanol–water partition coefficient (Wildman–Crippen LogP) is 5.52. The van der Waals surface area contributed by atoms with Crippen LogP contribution >= 0.6 is 46.6 Å². The Hall–Kier alpha value is -0.380. The van der Waals surface area contributed by atoms with Gasteiger partial charge in [-0.15, -0.1) is 0 Å². The molecular formula is C14H12Cl3NS. The number of nitrogens with one attached hydrogen (secondary N) is 1. The lowest BCUT2D eigenvalue weighted by Crippen LogP contribution is -2.06. The van der Waals surface area contributed by atoms with Crippen molar-refractivity contribution in [3.63, 3.8) is 0 Å². The van der Waals surface area contributed by atoms with E-state index in [1.165, 1.54) is 0 Å². The number of hydrogen-bond donors (Lipinski definition) is 1. The van der Waals surface area contributed by atoms with Crippen LogP contribution in [0.2, 0.25) is 15.1 Å². The molecule has 0 fully saturated rings. The van der Waals surface area contributed by atoms with Crippen LogP contribution in [0.25, 0.3) is 0 Å². The molecule has 2 aromatic carbocycles. The Bertz CT molecular complexity index is 587. The first-order valence-corrected chi connectivity index (χ1v) is 7.61. The van der Waals surface area contributed by atoms with E-state index in [4.69, 9.17) is 34.8 Å². The molecule has 100 valence electrons. The van der Waals surface area contributed by atoms with E-state index in [-0.39, 0.29) is 0 Å². The zero-order valence-electron chi connectivity index (χ0n) is 10.2. The summed E-state index contributed by atoms with van der Waals surface area (Å²) in [6.07, 6.45) is 0. The molecule has 0 saturated carbocycles. The summed E-state index contributed by atoms with van der Waals surface area (Å²) in [6, 6.07) is 11.5. The van der Waals surface area contributed by atoms with Gasteiger partial charge in [-0.3, -0.25) is 0 Å². The highest BCUT2D eigenvalue weighted by Gasteiger charge is 2.06. The van der Waals surface area contributed by atoms with Crippen molar-refractivity contribution in [2.75, 3.05) is 7.05 Å². The number of halogens is 3. The van der Waals surface area contributed by atoms with Crippen LogP contribution in [0.5, 0.6) is 0 Å². The maximum absolute atomic E-state index is 6.03. The lowest BCUT2D eigenvalue weighted by atomic mass is 10.2. The van der Waals surface area contributed by atoms with E-state index in [2.05, 4.69) is 5.32 Å². The molecule has 5 heteroatoms. The lowest BCUT2D eigenvalue weighted by Gasteiger charge is -2.10. The van der Waals surface area contributed by atoms with Gasteiger partial charge in [0.05, 0.1) is 10.0 Å². The van der Waals surface area contributed by atoms with E-state index < -0.39 is 0 Å². The van der Waals surface area contributed by atoms with Crippen molar-refractivity contribution in [1.82, 2.24) is 5.32 Å². The van der Waals surface area contributed by atoms with Crippen molar-refractivity contribution in [2.45, 2.75) is 16.3 Å². The SMILES string of the molecule is CNCc1cc(Cl)ccc1Sc1ccc(Cl)c(Cl)c1. The zero-order valence-corrected chi connectivity index (χ0v) is 13.3. The molecule has 19 heavy (non-hydrogen) atoms. The Balaban J connectivity index is 2.29. The Morgan fingerprint density at radius 2 is 1.79 bits per heavy atom. The summed E-state index contributed by atoms with van der Waals surface area (Å²) < 4.78 is 0. The maximum atomic E-state index is 6.03. The molecule has 0 aromatic heterocycles. The van der Waals surface area contributed by atoms with Gasteiger partial charge >= 0.3 is 0 Å². The second-order valence-electron chi connectivity index (χ2n) is 3.96. The molecular weight excluding hydrogens is 321 g/mol. The topological polar surface area (TPSA) is 12.0 Å². The van der Waals surface area contributed by atoms with Crippen molar-refractivity contribution in [1.29, 1.82) is 0 Å². The molecule has 0 saturated heterocycles. The number of hydrogen-bond acceptors (Lipinski definition) is 2. The van der Waals surface area contributed by atoms with Gasteiger partial charge in [-0.05, 0) is 49.0 Å². The van der Waals surface area contributed by atoms with Gasteiger partial charge in [-0.1, -0.05) is 46.6 Å². The molecule has 0 aliphatic rings. The highest BCUT2D eigenvalue weighted by Crippen LogP contribution is 2.35. The van der Waals surface area contributed by atoms with Crippen molar-refractivity contribution >= 4 is 46.6 Å². The van der Waals surface area contributed by atoms with Gasteiger partial charge in [0.1, 0.15) is 0 Å². The van der Waals surface area contributed by atoms with Gasteiger partial charge in [-0.2, -0.15) is 0 Å². The Morgan fingerprint density at radius 3 is 2.47 bits per heavy atom. The zero-order chi connectivity index (χ0) is 13.8. The van der Waals surface area contributed by atoms with Crippen LogP contribution in [0.3, 0.4) is 0 Å². The minimum Gasteiger partial charge on any atom is -0.316 e. The number of rotatable bonds is 4. The first-order valence-electron chi connectivity index (χ1n) is 5.66. The first kappa shape index (κ1) is 15.0. The minimum absolute atomic E-state index is 0.566. The van der Waals surface area contributed by atoms with Gasteiger partial charge in [-0.25, -0.2) is 0 Å². The van der Waals surface area contributed by atoms with E-state index in [0.29, 0.717) is 10.0 Å². The van der Waals surface area contributed by atoms with Gasteiger partial charge in [0.2, 0.25) is 0 Å². The second kappa shape index (κ2) is 6.87. The van der Waals surface area contributed by atoms with Crippen molar-refractivity contribution in [3.8, 4) is 0 Å². The summed E-state index contributed by atoms with van der Waals surface area (Å²) in [6.45, 7) is 0.768. The van der Waals surface area contributed by atoms with Gasteiger partial charge in [0, 0.05) is 21.4 Å². The lowest BCUT2D eigenvalue weighted by molar-refractivity contribution is 0.803. The van der Waals surface area contributed by atoms with E-state index in [1.807, 2.05) is 37.4 Å². The van der Waals surface area contributed by atoms with E-state index in [1.54, 1.807) is 17.8 Å². The maximum Gasteiger partial charge on any atom is 0.0603 e. The molecule has 0 bridgehead atoms. The fourth-order valence-corrected chi connectivity index (χ4v) is 3.17. The molecule has 0 atom stereocenters. The predicted molar refractivity (Wildman–Crippen MR) is 84.8 cm³/mol. The van der Waals surface area contributed by atoms with Gasteiger partial charge in [0.25, 0.3) is 0 Å². The molecule has 0 amide bonds.